The summed E-state index contributed by atoms with van der Waals surface area (Å²) in [6, 6.07) is 77.7. The SMILES string of the molecule is CC1(C)c2ccccc2-c2c(N(c3ccc(-c4ccccc4)cc3)c3cccc4oc5cc(C6(c7ccccc7)c7ccccc7-c7ccccc76)ccc5c34)cccc21. The lowest BCUT2D eigenvalue weighted by Gasteiger charge is -2.33. The van der Waals surface area contributed by atoms with Gasteiger partial charge in [-0.15, -0.1) is 0 Å². The number of benzene rings is 9. The lowest BCUT2D eigenvalue weighted by Crippen LogP contribution is -2.28. The molecule has 2 aliphatic rings. The molecule has 1 aromatic heterocycles. The van der Waals surface area contributed by atoms with E-state index in [1.165, 1.54) is 66.8 Å². The van der Waals surface area contributed by atoms with Crippen LogP contribution in [0.15, 0.2) is 217 Å². The van der Waals surface area contributed by atoms with E-state index < -0.39 is 5.41 Å². The average Bonchev–Trinajstić information content (AvgIpc) is 3.92. The maximum absolute atomic E-state index is 7.00. The fourth-order valence-corrected chi connectivity index (χ4v) is 10.7. The van der Waals surface area contributed by atoms with Gasteiger partial charge in [-0.3, -0.25) is 0 Å². The van der Waals surface area contributed by atoms with Gasteiger partial charge in [0.2, 0.25) is 0 Å². The number of fused-ring (bicyclic) bond motifs is 9. The van der Waals surface area contributed by atoms with E-state index in [1.807, 2.05) is 0 Å². The third-order valence-corrected chi connectivity index (χ3v) is 13.4. The quantitative estimate of drug-likeness (QED) is 0.168. The van der Waals surface area contributed by atoms with Crippen LogP contribution in [0.5, 0.6) is 0 Å². The minimum Gasteiger partial charge on any atom is -0.456 e. The zero-order valence-electron chi connectivity index (χ0n) is 33.6. The van der Waals surface area contributed by atoms with Crippen LogP contribution in [-0.2, 0) is 10.8 Å². The van der Waals surface area contributed by atoms with E-state index in [0.717, 1.165) is 39.0 Å². The molecule has 0 bridgehead atoms. The summed E-state index contributed by atoms with van der Waals surface area (Å²) in [5.74, 6) is 0. The smallest absolute Gasteiger partial charge is 0.137 e. The molecule has 0 radical (unpaired) electrons. The molecule has 0 amide bonds. The van der Waals surface area contributed by atoms with Gasteiger partial charge in [0.05, 0.1) is 22.2 Å². The van der Waals surface area contributed by atoms with Crippen LogP contribution in [0.3, 0.4) is 0 Å². The Balaban J connectivity index is 1.10. The van der Waals surface area contributed by atoms with Crippen molar-refractivity contribution in [3.05, 3.63) is 246 Å². The van der Waals surface area contributed by atoms with Crippen molar-refractivity contribution in [2.45, 2.75) is 24.7 Å². The van der Waals surface area contributed by atoms with Crippen molar-refractivity contribution >= 4 is 39.0 Å². The first-order valence-electron chi connectivity index (χ1n) is 20.9. The van der Waals surface area contributed by atoms with Gasteiger partial charge in [-0.2, -0.15) is 0 Å². The molecular weight excluding hydrogens is 727 g/mol. The molecule has 0 saturated heterocycles. The van der Waals surface area contributed by atoms with E-state index in [-0.39, 0.29) is 5.41 Å². The van der Waals surface area contributed by atoms with E-state index in [0.29, 0.717) is 0 Å². The molecule has 0 spiro atoms. The number of rotatable bonds is 6. The minimum atomic E-state index is -0.512. The van der Waals surface area contributed by atoms with Gasteiger partial charge >= 0.3 is 0 Å². The Labute approximate surface area is 350 Å². The minimum absolute atomic E-state index is 0.137. The molecule has 0 aliphatic heterocycles. The molecule has 12 rings (SSSR count). The molecule has 0 N–H and O–H groups in total. The number of nitrogens with zero attached hydrogens (tertiary/aromatic N) is 1. The summed E-state index contributed by atoms with van der Waals surface area (Å²) in [7, 11) is 0. The van der Waals surface area contributed by atoms with E-state index in [1.54, 1.807) is 0 Å². The fourth-order valence-electron chi connectivity index (χ4n) is 10.7. The second kappa shape index (κ2) is 13.0. The molecule has 2 heteroatoms. The standard InChI is InChI=1S/C58H41NO/c1-57(2)47-24-12-11-23-45(47)55-50(57)27-15-28-51(55)59(42-34-31-39(32-35-42)38-17-5-3-6-18-38)52-29-16-30-53-56(52)46-36-33-41(37-54(46)60-53)58(40-19-7-4-8-20-40)48-25-13-9-21-43(48)44-22-10-14-26-49(44)58/h3-37H,1-2H3. The average molecular weight is 768 g/mol. The maximum atomic E-state index is 7.00. The third-order valence-electron chi connectivity index (χ3n) is 13.4. The van der Waals surface area contributed by atoms with Crippen molar-refractivity contribution in [3.63, 3.8) is 0 Å². The van der Waals surface area contributed by atoms with E-state index in [2.05, 4.69) is 231 Å². The molecule has 10 aromatic rings. The van der Waals surface area contributed by atoms with Gasteiger partial charge in [-0.25, -0.2) is 0 Å². The van der Waals surface area contributed by atoms with Gasteiger partial charge in [0.25, 0.3) is 0 Å². The van der Waals surface area contributed by atoms with Crippen molar-refractivity contribution in [2.24, 2.45) is 0 Å². The van der Waals surface area contributed by atoms with Crippen LogP contribution in [0.4, 0.5) is 17.1 Å². The molecule has 0 saturated carbocycles. The first-order valence-corrected chi connectivity index (χ1v) is 20.9. The van der Waals surface area contributed by atoms with Gasteiger partial charge in [0.1, 0.15) is 11.2 Å². The first-order chi connectivity index (χ1) is 29.5. The third kappa shape index (κ3) is 4.82. The molecule has 0 unspecified atom stereocenters. The van der Waals surface area contributed by atoms with Crippen LogP contribution in [-0.4, -0.2) is 0 Å². The Morgan fingerprint density at radius 2 is 0.967 bits per heavy atom. The van der Waals surface area contributed by atoms with E-state index >= 15 is 0 Å². The van der Waals surface area contributed by atoms with Crippen LogP contribution in [0, 0.1) is 0 Å². The Bertz CT molecular complexity index is 3240. The van der Waals surface area contributed by atoms with E-state index in [4.69, 9.17) is 4.42 Å². The summed E-state index contributed by atoms with van der Waals surface area (Å²) in [4.78, 5) is 2.46. The summed E-state index contributed by atoms with van der Waals surface area (Å²) in [5.41, 5.74) is 19.6. The van der Waals surface area contributed by atoms with Crippen LogP contribution in [0.2, 0.25) is 0 Å². The second-order valence-corrected chi connectivity index (χ2v) is 16.8. The topological polar surface area (TPSA) is 16.4 Å². The predicted molar refractivity (Wildman–Crippen MR) is 249 cm³/mol. The van der Waals surface area contributed by atoms with Crippen LogP contribution in [0.1, 0.15) is 47.2 Å². The second-order valence-electron chi connectivity index (χ2n) is 16.8. The van der Waals surface area contributed by atoms with Crippen LogP contribution in [0.25, 0.3) is 55.3 Å². The van der Waals surface area contributed by atoms with Gasteiger partial charge in [-0.05, 0) is 97.6 Å². The van der Waals surface area contributed by atoms with Crippen LogP contribution >= 0.6 is 0 Å². The molecule has 1 heterocycles. The van der Waals surface area contributed by atoms with Crippen molar-refractivity contribution in [2.75, 3.05) is 4.90 Å². The Hall–Kier alpha value is -7.42. The zero-order valence-corrected chi connectivity index (χ0v) is 33.6. The summed E-state index contributed by atoms with van der Waals surface area (Å²) >= 11 is 0. The lowest BCUT2D eigenvalue weighted by molar-refractivity contribution is 0.660. The number of furan rings is 1. The number of hydrogen-bond donors (Lipinski definition) is 0. The molecule has 9 aromatic carbocycles. The lowest BCUT2D eigenvalue weighted by atomic mass is 9.67. The Morgan fingerprint density at radius 3 is 1.68 bits per heavy atom. The Kier molecular flexibility index (Phi) is 7.52. The van der Waals surface area contributed by atoms with Crippen molar-refractivity contribution in [3.8, 4) is 33.4 Å². The molecule has 2 aliphatic carbocycles. The van der Waals surface area contributed by atoms with Crippen molar-refractivity contribution in [1.29, 1.82) is 0 Å². The molecular formula is C58H41NO. The number of anilines is 3. The molecule has 0 atom stereocenters. The first kappa shape index (κ1) is 34.6. The maximum Gasteiger partial charge on any atom is 0.137 e. The largest absolute Gasteiger partial charge is 0.456 e. The van der Waals surface area contributed by atoms with Crippen molar-refractivity contribution < 1.29 is 4.42 Å². The summed E-state index contributed by atoms with van der Waals surface area (Å²) in [5, 5.41) is 2.18. The monoisotopic (exact) mass is 767 g/mol. The summed E-state index contributed by atoms with van der Waals surface area (Å²) < 4.78 is 7.00. The normalized spacial score (nSPS) is 14.1. The highest BCUT2D eigenvalue weighted by molar-refractivity contribution is 6.14. The number of hydrogen-bond acceptors (Lipinski definition) is 2. The molecule has 284 valence electrons. The summed E-state index contributed by atoms with van der Waals surface area (Å²) in [6.07, 6.45) is 0. The van der Waals surface area contributed by atoms with Gasteiger partial charge < -0.3 is 9.32 Å². The molecule has 0 fully saturated rings. The highest BCUT2D eigenvalue weighted by Gasteiger charge is 2.46. The molecule has 2 nitrogen and oxygen atoms in total. The van der Waals surface area contributed by atoms with Crippen LogP contribution < -0.4 is 4.90 Å². The predicted octanol–water partition coefficient (Wildman–Crippen LogP) is 15.4. The molecule has 60 heavy (non-hydrogen) atoms. The van der Waals surface area contributed by atoms with Gasteiger partial charge in [-0.1, -0.05) is 190 Å². The fraction of sp³-hybridized carbons (Fsp3) is 0.0690. The summed E-state index contributed by atoms with van der Waals surface area (Å²) in [6.45, 7) is 4.71. The van der Waals surface area contributed by atoms with E-state index in [9.17, 15) is 0 Å². The van der Waals surface area contributed by atoms with Crippen molar-refractivity contribution in [1.82, 2.24) is 0 Å². The Morgan fingerprint density at radius 1 is 0.400 bits per heavy atom. The zero-order chi connectivity index (χ0) is 40.0. The highest BCUT2D eigenvalue weighted by Crippen LogP contribution is 2.58. The van der Waals surface area contributed by atoms with Gasteiger partial charge in [0.15, 0.2) is 0 Å². The highest BCUT2D eigenvalue weighted by atomic mass is 16.3. The van der Waals surface area contributed by atoms with Gasteiger partial charge in [0, 0.05) is 22.1 Å².